The third-order valence-corrected chi connectivity index (χ3v) is 8.58. The Morgan fingerprint density at radius 2 is 2.04 bits per heavy atom. The van der Waals surface area contributed by atoms with Gasteiger partial charge in [-0.3, -0.25) is 4.79 Å². The van der Waals surface area contributed by atoms with Gasteiger partial charge in [0.05, 0.1) is 24.5 Å². The summed E-state index contributed by atoms with van der Waals surface area (Å²) in [5, 5.41) is 11.3. The molecule has 0 aromatic carbocycles. The molecule has 2 saturated carbocycles. The maximum absolute atomic E-state index is 13.3. The van der Waals surface area contributed by atoms with Crippen molar-refractivity contribution >= 4 is 5.78 Å². The van der Waals surface area contributed by atoms with Crippen molar-refractivity contribution in [2.75, 3.05) is 6.61 Å². The lowest BCUT2D eigenvalue weighted by molar-refractivity contribution is -0.148. The van der Waals surface area contributed by atoms with E-state index in [1.54, 1.807) is 0 Å². The lowest BCUT2D eigenvalue weighted by Gasteiger charge is -2.58. The summed E-state index contributed by atoms with van der Waals surface area (Å²) in [4.78, 5) is 13.3. The van der Waals surface area contributed by atoms with Crippen LogP contribution >= 0.6 is 0 Å². The van der Waals surface area contributed by atoms with Crippen molar-refractivity contribution in [3.8, 4) is 0 Å². The largest absolute Gasteiger partial charge is 0.498 e. The molecular formula is C23H34O3. The highest BCUT2D eigenvalue weighted by Gasteiger charge is 2.62. The third-order valence-electron chi connectivity index (χ3n) is 8.58. The lowest BCUT2D eigenvalue weighted by Crippen LogP contribution is -2.58. The fraction of sp³-hybridized carbons (Fsp3) is 0.783. The number of hydrogen-bond donors (Lipinski definition) is 1. The molecule has 0 heterocycles. The average molecular weight is 359 g/mol. The quantitative estimate of drug-likeness (QED) is 0.798. The Kier molecular flexibility index (Phi) is 4.38. The van der Waals surface area contributed by atoms with E-state index in [9.17, 15) is 9.90 Å². The van der Waals surface area contributed by atoms with Crippen LogP contribution in [0.4, 0.5) is 0 Å². The highest BCUT2D eigenvalue weighted by atomic mass is 16.5. The number of aliphatic hydroxyl groups is 1. The van der Waals surface area contributed by atoms with Crippen molar-refractivity contribution in [2.45, 2.75) is 72.3 Å². The zero-order valence-electron chi connectivity index (χ0n) is 16.8. The average Bonchev–Trinajstić information content (AvgIpc) is 2.92. The Bertz CT molecular complexity index is 662. The first-order valence-electron chi connectivity index (χ1n) is 10.6. The molecule has 4 aliphatic rings. The summed E-state index contributed by atoms with van der Waals surface area (Å²) in [7, 11) is 0. The molecule has 1 N–H and O–H groups in total. The number of carbonyl (C=O) groups excluding carboxylic acids is 1. The van der Waals surface area contributed by atoms with E-state index in [0.29, 0.717) is 30.8 Å². The van der Waals surface area contributed by atoms with Gasteiger partial charge in [0.2, 0.25) is 0 Å². The van der Waals surface area contributed by atoms with E-state index in [1.807, 2.05) is 6.92 Å². The molecule has 0 aromatic heterocycles. The summed E-state index contributed by atoms with van der Waals surface area (Å²) in [5.74, 6) is 2.87. The number of rotatable bonds is 3. The smallest absolute Gasteiger partial charge is 0.150 e. The van der Waals surface area contributed by atoms with Crippen LogP contribution in [0, 0.1) is 34.5 Å². The molecule has 0 aromatic rings. The maximum Gasteiger partial charge on any atom is 0.150 e. The van der Waals surface area contributed by atoms with Crippen LogP contribution in [0.5, 0.6) is 0 Å². The van der Waals surface area contributed by atoms with Gasteiger partial charge in [0.25, 0.3) is 0 Å². The Hall–Kier alpha value is -1.09. The van der Waals surface area contributed by atoms with Gasteiger partial charge in [-0.05, 0) is 74.3 Å². The normalized spacial score (nSPS) is 47.4. The summed E-state index contributed by atoms with van der Waals surface area (Å²) >= 11 is 0. The summed E-state index contributed by atoms with van der Waals surface area (Å²) in [6, 6.07) is 0. The molecule has 4 aliphatic carbocycles. The summed E-state index contributed by atoms with van der Waals surface area (Å²) in [6.45, 7) is 9.35. The molecule has 0 saturated heterocycles. The molecule has 0 amide bonds. The van der Waals surface area contributed by atoms with Crippen LogP contribution in [0.3, 0.4) is 0 Å². The van der Waals surface area contributed by atoms with Gasteiger partial charge in [-0.15, -0.1) is 0 Å². The van der Waals surface area contributed by atoms with Crippen LogP contribution in [0.2, 0.25) is 0 Å². The number of ether oxygens (including phenoxy) is 1. The van der Waals surface area contributed by atoms with Crippen LogP contribution < -0.4 is 0 Å². The molecule has 2 fully saturated rings. The Morgan fingerprint density at radius 3 is 2.73 bits per heavy atom. The van der Waals surface area contributed by atoms with E-state index in [-0.39, 0.29) is 23.2 Å². The summed E-state index contributed by atoms with van der Waals surface area (Å²) in [6.07, 6.45) is 9.96. The van der Waals surface area contributed by atoms with Crippen LogP contribution in [0.1, 0.15) is 66.2 Å². The van der Waals surface area contributed by atoms with Crippen LogP contribution in [-0.4, -0.2) is 23.6 Å². The predicted octanol–water partition coefficient (Wildman–Crippen LogP) is 4.66. The number of allylic oxidation sites excluding steroid dienone is 4. The first-order chi connectivity index (χ1) is 12.4. The Labute approximate surface area is 157 Å². The molecular weight excluding hydrogens is 324 g/mol. The topological polar surface area (TPSA) is 46.5 Å². The molecule has 144 valence electrons. The van der Waals surface area contributed by atoms with Gasteiger partial charge in [-0.25, -0.2) is 0 Å². The Morgan fingerprint density at radius 1 is 1.27 bits per heavy atom. The van der Waals surface area contributed by atoms with E-state index in [4.69, 9.17) is 4.74 Å². The molecule has 0 radical (unpaired) electrons. The zero-order chi connectivity index (χ0) is 18.7. The van der Waals surface area contributed by atoms with E-state index >= 15 is 0 Å². The second-order valence-corrected chi connectivity index (χ2v) is 9.50. The SMILES string of the molecule is CCOC1=CC2=CC[C@@H]3[C@H](C(O)C[C@]4(C)[C@@H](CC)CC[C@@H]34)[C@@]2(C)C(=O)C1. The maximum atomic E-state index is 13.3. The van der Waals surface area contributed by atoms with E-state index in [2.05, 4.69) is 32.9 Å². The molecule has 0 aliphatic heterocycles. The van der Waals surface area contributed by atoms with Crippen molar-refractivity contribution in [3.05, 3.63) is 23.5 Å². The van der Waals surface area contributed by atoms with E-state index < -0.39 is 5.41 Å². The first-order valence-corrected chi connectivity index (χ1v) is 10.6. The van der Waals surface area contributed by atoms with E-state index in [0.717, 1.165) is 24.2 Å². The van der Waals surface area contributed by atoms with Crippen LogP contribution in [0.25, 0.3) is 0 Å². The molecule has 4 rings (SSSR count). The monoisotopic (exact) mass is 358 g/mol. The highest BCUT2D eigenvalue weighted by Crippen LogP contribution is 2.65. The second-order valence-electron chi connectivity index (χ2n) is 9.50. The minimum absolute atomic E-state index is 0.0584. The molecule has 1 unspecified atom stereocenters. The van der Waals surface area contributed by atoms with Gasteiger partial charge in [0, 0.05) is 5.92 Å². The Balaban J connectivity index is 1.74. The van der Waals surface area contributed by atoms with Crippen molar-refractivity contribution in [3.63, 3.8) is 0 Å². The number of Topliss-reactive ketones (excluding diaryl/α,β-unsaturated/α-hetero) is 1. The molecule has 7 atom stereocenters. The summed E-state index contributed by atoms with van der Waals surface area (Å²) in [5.41, 5.74) is 0.779. The zero-order valence-corrected chi connectivity index (χ0v) is 16.8. The van der Waals surface area contributed by atoms with E-state index in [1.165, 1.54) is 19.3 Å². The summed E-state index contributed by atoms with van der Waals surface area (Å²) < 4.78 is 5.66. The van der Waals surface area contributed by atoms with Crippen molar-refractivity contribution < 1.29 is 14.6 Å². The fourth-order valence-corrected chi connectivity index (χ4v) is 7.34. The molecule has 3 nitrogen and oxygen atoms in total. The van der Waals surface area contributed by atoms with Gasteiger partial charge in [0.15, 0.2) is 5.78 Å². The van der Waals surface area contributed by atoms with Gasteiger partial charge >= 0.3 is 0 Å². The number of carbonyl (C=O) groups is 1. The minimum Gasteiger partial charge on any atom is -0.498 e. The van der Waals surface area contributed by atoms with Gasteiger partial charge in [-0.2, -0.15) is 0 Å². The van der Waals surface area contributed by atoms with Crippen molar-refractivity contribution in [2.24, 2.45) is 34.5 Å². The van der Waals surface area contributed by atoms with Crippen LogP contribution in [0.15, 0.2) is 23.5 Å². The van der Waals surface area contributed by atoms with Crippen molar-refractivity contribution in [1.29, 1.82) is 0 Å². The molecule has 3 heteroatoms. The van der Waals surface area contributed by atoms with Gasteiger partial charge < -0.3 is 9.84 Å². The first kappa shape index (κ1) is 18.3. The third kappa shape index (κ3) is 2.32. The second kappa shape index (κ2) is 6.22. The number of aliphatic hydroxyl groups excluding tert-OH is 1. The lowest BCUT2D eigenvalue weighted by atomic mass is 9.47. The van der Waals surface area contributed by atoms with Crippen molar-refractivity contribution in [1.82, 2.24) is 0 Å². The predicted molar refractivity (Wildman–Crippen MR) is 102 cm³/mol. The van der Waals surface area contributed by atoms with Gasteiger partial charge in [0.1, 0.15) is 5.76 Å². The molecule has 0 spiro atoms. The highest BCUT2D eigenvalue weighted by molar-refractivity contribution is 5.92. The fourth-order valence-electron chi connectivity index (χ4n) is 7.34. The standard InChI is InChI=1S/C23H34O3/c1-5-14-8-10-18-17-9-7-15-11-16(26-6-2)12-20(25)23(15,4)21(17)19(24)13-22(14,18)3/h7,11,14,17-19,21,24H,5-6,8-10,12-13H2,1-4H3/t14-,17-,18-,19?,21+,22+,23+/m0/s1. The minimum atomic E-state index is -0.547. The van der Waals surface area contributed by atoms with Gasteiger partial charge in [-0.1, -0.05) is 26.3 Å². The number of hydrogen-bond acceptors (Lipinski definition) is 3. The number of ketones is 1. The number of fused-ring (bicyclic) bond motifs is 5. The molecule has 0 bridgehead atoms. The van der Waals surface area contributed by atoms with Crippen LogP contribution in [-0.2, 0) is 9.53 Å². The molecule has 26 heavy (non-hydrogen) atoms.